The normalized spacial score (nSPS) is 12.2. The molecule has 1 amide bonds. The van der Waals surface area contributed by atoms with Crippen molar-refractivity contribution >= 4 is 34.8 Å². The third-order valence-electron chi connectivity index (χ3n) is 3.31. The molecule has 0 spiro atoms. The molecule has 4 nitrogen and oxygen atoms in total. The van der Waals surface area contributed by atoms with Gasteiger partial charge in [0.05, 0.1) is 28.4 Å². The molecule has 0 radical (unpaired) electrons. The molecule has 2 aromatic carbocycles. The lowest BCUT2D eigenvalue weighted by Crippen LogP contribution is -2.33. The summed E-state index contributed by atoms with van der Waals surface area (Å²) in [6.45, 7) is 0.457. The predicted octanol–water partition coefficient (Wildman–Crippen LogP) is 3.60. The minimum absolute atomic E-state index is 0.117. The predicted molar refractivity (Wildman–Crippen MR) is 94.0 cm³/mol. The maximum atomic E-state index is 12.1. The van der Waals surface area contributed by atoms with Gasteiger partial charge in [-0.25, -0.2) is 0 Å². The molecule has 0 saturated heterocycles. The smallest absolute Gasteiger partial charge is 0.238 e. The summed E-state index contributed by atoms with van der Waals surface area (Å²) >= 11 is 12.0. The number of rotatable bonds is 6. The Bertz CT molecular complexity index is 645. The lowest BCUT2D eigenvalue weighted by atomic mass is 10.1. The summed E-state index contributed by atoms with van der Waals surface area (Å²) in [5, 5.41) is 13.6. The van der Waals surface area contributed by atoms with Gasteiger partial charge in [0.1, 0.15) is 0 Å². The van der Waals surface area contributed by atoms with Crippen LogP contribution in [0.5, 0.6) is 0 Å². The number of aliphatic hydroxyl groups is 1. The topological polar surface area (TPSA) is 52.6 Å². The minimum Gasteiger partial charge on any atom is -0.387 e. The number of nitrogens with zero attached hydrogens (tertiary/aromatic N) is 1. The number of nitrogens with one attached hydrogen (secondary N) is 1. The zero-order valence-corrected chi connectivity index (χ0v) is 14.2. The second kappa shape index (κ2) is 8.31. The van der Waals surface area contributed by atoms with Crippen molar-refractivity contribution in [2.24, 2.45) is 0 Å². The molecule has 122 valence electrons. The number of anilines is 1. The van der Waals surface area contributed by atoms with Crippen LogP contribution in [0.1, 0.15) is 11.7 Å². The van der Waals surface area contributed by atoms with E-state index in [0.717, 1.165) is 5.56 Å². The molecule has 2 aromatic rings. The first-order valence-electron chi connectivity index (χ1n) is 7.13. The Morgan fingerprint density at radius 2 is 1.74 bits per heavy atom. The van der Waals surface area contributed by atoms with E-state index < -0.39 is 6.10 Å². The standard InChI is InChI=1S/C17H18Cl2N2O2/c1-21(10-15(22)12-6-3-2-4-7-12)11-16(23)20-17-13(18)8-5-9-14(17)19/h2-9,15,22H,10-11H2,1H3,(H,20,23)/t15-/m1/s1. The molecule has 0 bridgehead atoms. The molecular weight excluding hydrogens is 335 g/mol. The van der Waals surface area contributed by atoms with Gasteiger partial charge in [-0.05, 0) is 24.7 Å². The van der Waals surface area contributed by atoms with Gasteiger partial charge in [-0.3, -0.25) is 9.69 Å². The molecule has 6 heteroatoms. The van der Waals surface area contributed by atoms with Crippen LogP contribution in [0.25, 0.3) is 0 Å². The van der Waals surface area contributed by atoms with Crippen LogP contribution in [0.15, 0.2) is 48.5 Å². The highest BCUT2D eigenvalue weighted by Crippen LogP contribution is 2.29. The number of para-hydroxylation sites is 1. The number of likely N-dealkylation sites (N-methyl/N-ethyl adjacent to an activating group) is 1. The fraction of sp³-hybridized carbons (Fsp3) is 0.235. The number of aliphatic hydroxyl groups excluding tert-OH is 1. The van der Waals surface area contributed by atoms with Gasteiger partial charge in [0.2, 0.25) is 5.91 Å². The second-order valence-corrected chi connectivity index (χ2v) is 6.08. The molecule has 0 heterocycles. The van der Waals surface area contributed by atoms with Gasteiger partial charge in [-0.15, -0.1) is 0 Å². The maximum absolute atomic E-state index is 12.1. The molecule has 0 aliphatic carbocycles. The summed E-state index contributed by atoms with van der Waals surface area (Å²) in [6, 6.07) is 14.3. The summed E-state index contributed by atoms with van der Waals surface area (Å²) < 4.78 is 0. The van der Waals surface area contributed by atoms with Gasteiger partial charge in [-0.1, -0.05) is 59.6 Å². The van der Waals surface area contributed by atoms with Crippen LogP contribution >= 0.6 is 23.2 Å². The van der Waals surface area contributed by atoms with E-state index in [-0.39, 0.29) is 12.5 Å². The highest BCUT2D eigenvalue weighted by atomic mass is 35.5. The number of hydrogen-bond acceptors (Lipinski definition) is 3. The van der Waals surface area contributed by atoms with E-state index in [1.54, 1.807) is 30.1 Å². The van der Waals surface area contributed by atoms with Crippen molar-refractivity contribution in [3.63, 3.8) is 0 Å². The summed E-state index contributed by atoms with van der Waals surface area (Å²) in [6.07, 6.45) is -0.655. The monoisotopic (exact) mass is 352 g/mol. The van der Waals surface area contributed by atoms with E-state index in [1.807, 2.05) is 30.3 Å². The van der Waals surface area contributed by atoms with Crippen molar-refractivity contribution < 1.29 is 9.90 Å². The number of carbonyl (C=O) groups excluding carboxylic acids is 1. The third kappa shape index (κ3) is 5.22. The van der Waals surface area contributed by atoms with Crippen LogP contribution in [0.2, 0.25) is 10.0 Å². The third-order valence-corrected chi connectivity index (χ3v) is 3.94. The molecule has 0 unspecified atom stereocenters. The fourth-order valence-corrected chi connectivity index (χ4v) is 2.67. The molecule has 2 N–H and O–H groups in total. The molecule has 23 heavy (non-hydrogen) atoms. The first-order valence-corrected chi connectivity index (χ1v) is 7.88. The average Bonchev–Trinajstić information content (AvgIpc) is 2.51. The number of amides is 1. The van der Waals surface area contributed by atoms with Gasteiger partial charge in [0.25, 0.3) is 0 Å². The summed E-state index contributed by atoms with van der Waals surface area (Å²) in [5.74, 6) is -0.247. The van der Waals surface area contributed by atoms with Crippen LogP contribution in [0.3, 0.4) is 0 Å². The lowest BCUT2D eigenvalue weighted by Gasteiger charge is -2.20. The Labute approximate surface area is 145 Å². The first kappa shape index (κ1) is 17.8. The largest absolute Gasteiger partial charge is 0.387 e. The Kier molecular flexibility index (Phi) is 6.42. The van der Waals surface area contributed by atoms with Crippen LogP contribution < -0.4 is 5.32 Å². The molecule has 0 saturated carbocycles. The molecule has 0 aromatic heterocycles. The SMILES string of the molecule is CN(CC(=O)Nc1c(Cl)cccc1Cl)C[C@@H](O)c1ccccc1. The van der Waals surface area contributed by atoms with E-state index in [2.05, 4.69) is 5.32 Å². The highest BCUT2D eigenvalue weighted by Gasteiger charge is 2.15. The molecule has 2 rings (SSSR count). The molecule has 0 fully saturated rings. The number of carbonyl (C=O) groups is 1. The lowest BCUT2D eigenvalue weighted by molar-refractivity contribution is -0.117. The van der Waals surface area contributed by atoms with Crippen LogP contribution in [0.4, 0.5) is 5.69 Å². The number of hydrogen-bond donors (Lipinski definition) is 2. The summed E-state index contributed by atoms with van der Waals surface area (Å²) in [5.41, 5.74) is 1.21. The van der Waals surface area contributed by atoms with Crippen LogP contribution in [0, 0.1) is 0 Å². The Morgan fingerprint density at radius 3 is 2.35 bits per heavy atom. The van der Waals surface area contributed by atoms with E-state index in [4.69, 9.17) is 23.2 Å². The summed E-state index contributed by atoms with van der Waals surface area (Å²) in [7, 11) is 1.76. The van der Waals surface area contributed by atoms with Gasteiger partial charge < -0.3 is 10.4 Å². The van der Waals surface area contributed by atoms with Crippen molar-refractivity contribution in [1.82, 2.24) is 4.90 Å². The van der Waals surface area contributed by atoms with E-state index in [1.165, 1.54) is 0 Å². The first-order chi connectivity index (χ1) is 11.0. The van der Waals surface area contributed by atoms with Gasteiger partial charge in [0.15, 0.2) is 0 Å². The molecule has 0 aliphatic rings. The zero-order chi connectivity index (χ0) is 16.8. The molecule has 1 atom stereocenters. The van der Waals surface area contributed by atoms with Crippen molar-refractivity contribution in [3.05, 3.63) is 64.1 Å². The minimum atomic E-state index is -0.655. The van der Waals surface area contributed by atoms with Crippen molar-refractivity contribution in [3.8, 4) is 0 Å². The van der Waals surface area contributed by atoms with E-state index in [9.17, 15) is 9.90 Å². The Hall–Kier alpha value is -1.59. The number of benzene rings is 2. The zero-order valence-electron chi connectivity index (χ0n) is 12.7. The van der Waals surface area contributed by atoms with Crippen LogP contribution in [-0.2, 0) is 4.79 Å². The Morgan fingerprint density at radius 1 is 1.13 bits per heavy atom. The average molecular weight is 353 g/mol. The second-order valence-electron chi connectivity index (χ2n) is 5.27. The fourth-order valence-electron chi connectivity index (χ4n) is 2.18. The molecule has 0 aliphatic heterocycles. The van der Waals surface area contributed by atoms with Crippen molar-refractivity contribution in [1.29, 1.82) is 0 Å². The van der Waals surface area contributed by atoms with E-state index >= 15 is 0 Å². The van der Waals surface area contributed by atoms with Crippen molar-refractivity contribution in [2.75, 3.05) is 25.5 Å². The quantitative estimate of drug-likeness (QED) is 0.834. The maximum Gasteiger partial charge on any atom is 0.238 e. The van der Waals surface area contributed by atoms with Gasteiger partial charge >= 0.3 is 0 Å². The summed E-state index contributed by atoms with van der Waals surface area (Å²) in [4.78, 5) is 13.8. The van der Waals surface area contributed by atoms with Gasteiger partial charge in [-0.2, -0.15) is 0 Å². The van der Waals surface area contributed by atoms with Crippen LogP contribution in [-0.4, -0.2) is 36.1 Å². The Balaban J connectivity index is 1.90. The van der Waals surface area contributed by atoms with E-state index in [0.29, 0.717) is 22.3 Å². The number of halogens is 2. The molecular formula is C17H18Cl2N2O2. The highest BCUT2D eigenvalue weighted by molar-refractivity contribution is 6.39. The van der Waals surface area contributed by atoms with Crippen molar-refractivity contribution in [2.45, 2.75) is 6.10 Å². The van der Waals surface area contributed by atoms with Gasteiger partial charge in [0, 0.05) is 6.54 Å².